The number of phosphoric ester groups is 2. The number of aliphatic hydroxyl groups is 4. The molecule has 2 fully saturated rings. The molecule has 10 atom stereocenters. The van der Waals surface area contributed by atoms with Crippen LogP contribution in [-0.4, -0.2) is 95.1 Å². The van der Waals surface area contributed by atoms with E-state index < -0.39 is 88.4 Å². The Balaban J connectivity index is 1.61. The van der Waals surface area contributed by atoms with Crippen molar-refractivity contribution in [1.82, 2.24) is 9.55 Å². The van der Waals surface area contributed by atoms with Crippen molar-refractivity contribution in [1.29, 1.82) is 0 Å². The highest BCUT2D eigenvalue weighted by Gasteiger charge is 2.48. The number of hydrogen-bond acceptors (Lipinski definition) is 14. The van der Waals surface area contributed by atoms with Gasteiger partial charge in [-0.3, -0.25) is 28.2 Å². The molecule has 198 valence electrons. The summed E-state index contributed by atoms with van der Waals surface area (Å²) in [5.41, 5.74) is -1.73. The highest BCUT2D eigenvalue weighted by molar-refractivity contribution is 7.61. The second-order valence-corrected chi connectivity index (χ2v) is 10.5. The molecule has 0 aliphatic carbocycles. The lowest BCUT2D eigenvalue weighted by Crippen LogP contribution is -2.54. The number of ether oxygens (including phenoxy) is 2. The van der Waals surface area contributed by atoms with Gasteiger partial charge in [0.15, 0.2) is 18.3 Å². The van der Waals surface area contributed by atoms with Gasteiger partial charge in [0.1, 0.15) is 36.6 Å². The normalized spacial score (nSPS) is 37.1. The lowest BCUT2D eigenvalue weighted by atomic mass is 10.0. The minimum absolute atomic E-state index is 0.732. The van der Waals surface area contributed by atoms with Crippen molar-refractivity contribution in [2.24, 2.45) is 0 Å². The molecule has 1 aromatic heterocycles. The molecule has 3 unspecified atom stereocenters. The van der Waals surface area contributed by atoms with E-state index in [0.717, 1.165) is 23.8 Å². The van der Waals surface area contributed by atoms with Crippen LogP contribution in [0.25, 0.3) is 0 Å². The lowest BCUT2D eigenvalue weighted by molar-refractivity contribution is -0.226. The lowest BCUT2D eigenvalue weighted by Gasteiger charge is -2.34. The fourth-order valence-corrected chi connectivity index (χ4v) is 5.35. The van der Waals surface area contributed by atoms with E-state index >= 15 is 0 Å². The largest absolute Gasteiger partial charge is 0.483 e. The number of ketones is 1. The Morgan fingerprint density at radius 1 is 1.03 bits per heavy atom. The van der Waals surface area contributed by atoms with Crippen LogP contribution in [-0.2, 0) is 36.8 Å². The highest BCUT2D eigenvalue weighted by Crippen LogP contribution is 2.61. The molecule has 0 saturated carbocycles. The zero-order valence-electron chi connectivity index (χ0n) is 17.6. The molecule has 18 nitrogen and oxygen atoms in total. The summed E-state index contributed by atoms with van der Waals surface area (Å²) in [6, 6.07) is 0.935. The second kappa shape index (κ2) is 10.4. The Labute approximate surface area is 194 Å². The summed E-state index contributed by atoms with van der Waals surface area (Å²) in [5.74, 6) is -0.943. The van der Waals surface area contributed by atoms with Crippen LogP contribution in [0.4, 0.5) is 0 Å². The van der Waals surface area contributed by atoms with E-state index in [1.54, 1.807) is 0 Å². The molecule has 1 aromatic rings. The number of hydrogen-bond donors (Lipinski definition) is 7. The SMILES string of the molecule is C[C@@H]1O[C@H](OP(=O)(O)OP(=O)(O)OC[C@H]2OC(n3ccc(=O)[nH]c3=O)[C@H](O)[C@@H]2O)[C@H](O)[C@H](O)C1=O. The number of H-pyrrole nitrogens is 1. The molecule has 0 amide bonds. The first kappa shape index (κ1) is 27.9. The van der Waals surface area contributed by atoms with Gasteiger partial charge in [-0.05, 0) is 6.92 Å². The quantitative estimate of drug-likeness (QED) is 0.155. The van der Waals surface area contributed by atoms with E-state index in [1.807, 2.05) is 4.98 Å². The standard InChI is InChI=1S/C15H22N2O16P2/c1-5-8(19)10(21)12(23)14(30-5)32-35(27,28)33-34(25,26)29-4-6-9(20)11(22)13(31-6)17-3-2-7(18)16-15(17)24/h2-3,5-6,9-14,20-23H,4H2,1H3,(H,25,26)(H,27,28)(H,16,18,24)/t5-,6+,9+,10+,11+,12+,13?,14+/m0/s1. The zero-order valence-corrected chi connectivity index (χ0v) is 19.4. The number of aromatic nitrogens is 2. The summed E-state index contributed by atoms with van der Waals surface area (Å²) in [6.07, 6.45) is -13.3. The minimum atomic E-state index is -5.53. The van der Waals surface area contributed by atoms with E-state index in [4.69, 9.17) is 9.47 Å². The van der Waals surface area contributed by atoms with Crippen molar-refractivity contribution in [2.45, 2.75) is 56.1 Å². The third kappa shape index (κ3) is 6.39. The van der Waals surface area contributed by atoms with Crippen LogP contribution in [0.3, 0.4) is 0 Å². The molecule has 3 rings (SSSR count). The molecule has 2 saturated heterocycles. The topological polar surface area (TPSA) is 274 Å². The molecule has 35 heavy (non-hydrogen) atoms. The molecular formula is C15H22N2O16P2. The molecule has 20 heteroatoms. The van der Waals surface area contributed by atoms with E-state index in [2.05, 4.69) is 13.4 Å². The van der Waals surface area contributed by atoms with E-state index in [-0.39, 0.29) is 0 Å². The average Bonchev–Trinajstić information content (AvgIpc) is 3.02. The number of aromatic amines is 1. The summed E-state index contributed by atoms with van der Waals surface area (Å²) < 4.78 is 48.0. The van der Waals surface area contributed by atoms with Crippen molar-refractivity contribution in [3.8, 4) is 0 Å². The average molecular weight is 548 g/mol. The van der Waals surface area contributed by atoms with Crippen LogP contribution >= 0.6 is 15.6 Å². The van der Waals surface area contributed by atoms with Crippen LogP contribution in [0.15, 0.2) is 21.9 Å². The summed E-state index contributed by atoms with van der Waals surface area (Å²) >= 11 is 0. The maximum Gasteiger partial charge on any atom is 0.483 e. The van der Waals surface area contributed by atoms with Gasteiger partial charge in [0.25, 0.3) is 5.56 Å². The van der Waals surface area contributed by atoms with Crippen molar-refractivity contribution < 1.29 is 67.0 Å². The number of aliphatic hydroxyl groups excluding tert-OH is 4. The number of rotatable bonds is 8. The maximum absolute atomic E-state index is 12.1. The van der Waals surface area contributed by atoms with Gasteiger partial charge in [-0.25, -0.2) is 13.9 Å². The molecule has 0 aromatic carbocycles. The fraction of sp³-hybridized carbons (Fsp3) is 0.667. The second-order valence-electron chi connectivity index (χ2n) is 7.47. The van der Waals surface area contributed by atoms with E-state index in [9.17, 15) is 53.7 Å². The van der Waals surface area contributed by atoms with Crippen molar-refractivity contribution >= 4 is 21.4 Å². The number of Topliss-reactive ketones (excluding diaryl/α,β-unsaturated/α-hetero) is 1. The van der Waals surface area contributed by atoms with Gasteiger partial charge in [0, 0.05) is 12.3 Å². The molecule has 2 aliphatic rings. The molecular weight excluding hydrogens is 526 g/mol. The van der Waals surface area contributed by atoms with Gasteiger partial charge in [-0.1, -0.05) is 0 Å². The monoisotopic (exact) mass is 548 g/mol. The van der Waals surface area contributed by atoms with Crippen LogP contribution in [0.2, 0.25) is 0 Å². The Morgan fingerprint density at radius 2 is 1.69 bits per heavy atom. The van der Waals surface area contributed by atoms with E-state index in [1.165, 1.54) is 0 Å². The summed E-state index contributed by atoms with van der Waals surface area (Å²) in [4.78, 5) is 56.0. The predicted octanol–water partition coefficient (Wildman–Crippen LogP) is -3.56. The van der Waals surface area contributed by atoms with Crippen LogP contribution in [0, 0.1) is 0 Å². The number of nitrogens with zero attached hydrogens (tertiary/aromatic N) is 1. The summed E-state index contributed by atoms with van der Waals surface area (Å²) in [6.45, 7) is 0.139. The molecule has 3 heterocycles. The smallest absolute Gasteiger partial charge is 0.387 e. The van der Waals surface area contributed by atoms with Crippen molar-refractivity contribution in [3.63, 3.8) is 0 Å². The molecule has 0 bridgehead atoms. The summed E-state index contributed by atoms with van der Waals surface area (Å²) in [5, 5.41) is 39.6. The minimum Gasteiger partial charge on any atom is -0.387 e. The fourth-order valence-electron chi connectivity index (χ4n) is 3.19. The Kier molecular flexibility index (Phi) is 8.30. The number of nitrogens with one attached hydrogen (secondary N) is 1. The zero-order chi connectivity index (χ0) is 26.3. The predicted molar refractivity (Wildman–Crippen MR) is 106 cm³/mol. The number of carbonyl (C=O) groups excluding carboxylic acids is 1. The van der Waals surface area contributed by atoms with Gasteiger partial charge in [-0.2, -0.15) is 4.31 Å². The molecule has 7 N–H and O–H groups in total. The van der Waals surface area contributed by atoms with Crippen LogP contribution in [0.5, 0.6) is 0 Å². The molecule has 2 aliphatic heterocycles. The highest BCUT2D eigenvalue weighted by atomic mass is 31.3. The third-order valence-electron chi connectivity index (χ3n) is 4.94. The Hall–Kier alpha value is -1.63. The van der Waals surface area contributed by atoms with Gasteiger partial charge >= 0.3 is 21.3 Å². The van der Waals surface area contributed by atoms with Crippen LogP contribution < -0.4 is 11.2 Å². The molecule has 0 radical (unpaired) electrons. The van der Waals surface area contributed by atoms with Gasteiger partial charge in [0.05, 0.1) is 6.61 Å². The van der Waals surface area contributed by atoms with Gasteiger partial charge in [-0.15, -0.1) is 0 Å². The van der Waals surface area contributed by atoms with Crippen molar-refractivity contribution in [3.05, 3.63) is 33.1 Å². The first-order chi connectivity index (χ1) is 16.1. The first-order valence-electron chi connectivity index (χ1n) is 9.70. The van der Waals surface area contributed by atoms with Gasteiger partial charge < -0.3 is 39.7 Å². The molecule has 0 spiro atoms. The maximum atomic E-state index is 12.1. The van der Waals surface area contributed by atoms with E-state index in [0.29, 0.717) is 0 Å². The number of phosphoric acid groups is 2. The third-order valence-corrected chi connectivity index (χ3v) is 7.54. The van der Waals surface area contributed by atoms with Gasteiger partial charge in [0.2, 0.25) is 0 Å². The van der Waals surface area contributed by atoms with Crippen molar-refractivity contribution in [2.75, 3.05) is 6.61 Å². The van der Waals surface area contributed by atoms with Crippen LogP contribution in [0.1, 0.15) is 13.2 Å². The Bertz CT molecular complexity index is 1150. The first-order valence-corrected chi connectivity index (χ1v) is 12.7. The summed E-state index contributed by atoms with van der Waals surface area (Å²) in [7, 11) is -11.0. The Morgan fingerprint density at radius 3 is 2.31 bits per heavy atom. The number of carbonyl (C=O) groups is 1.